The van der Waals surface area contributed by atoms with Crippen LogP contribution in [-0.4, -0.2) is 5.91 Å². The van der Waals surface area contributed by atoms with Crippen LogP contribution in [0.4, 0.5) is 0 Å². The van der Waals surface area contributed by atoms with Gasteiger partial charge in [-0.05, 0) is 44.7 Å². The van der Waals surface area contributed by atoms with E-state index >= 15 is 0 Å². The Kier molecular flexibility index (Phi) is 3.72. The SMILES string of the molecule is C=CNC(=O)C(CC1(CC)CC1)=C(C)C. The second-order valence-electron chi connectivity index (χ2n) is 4.69. The molecule has 0 aliphatic heterocycles. The molecule has 1 aliphatic carbocycles. The summed E-state index contributed by atoms with van der Waals surface area (Å²) in [5.74, 6) is 0.0183. The first-order valence-electron chi connectivity index (χ1n) is 5.63. The number of hydrogen-bond acceptors (Lipinski definition) is 1. The van der Waals surface area contributed by atoms with Crippen molar-refractivity contribution in [3.05, 3.63) is 23.9 Å². The topological polar surface area (TPSA) is 29.1 Å². The minimum atomic E-state index is 0.0183. The van der Waals surface area contributed by atoms with E-state index in [4.69, 9.17) is 0 Å². The number of carbonyl (C=O) groups excluding carboxylic acids is 1. The summed E-state index contributed by atoms with van der Waals surface area (Å²) in [4.78, 5) is 11.8. The number of hydrogen-bond donors (Lipinski definition) is 1. The fourth-order valence-electron chi connectivity index (χ4n) is 1.87. The minimum absolute atomic E-state index is 0.0183. The lowest BCUT2D eigenvalue weighted by atomic mass is 9.91. The van der Waals surface area contributed by atoms with Crippen LogP contribution in [0.25, 0.3) is 0 Å². The van der Waals surface area contributed by atoms with Crippen LogP contribution in [0.2, 0.25) is 0 Å². The Bertz CT molecular complexity index is 294. The standard InChI is InChI=1S/C13H21NO/c1-5-13(7-8-13)9-11(10(3)4)12(15)14-6-2/h6H,2,5,7-9H2,1,3-4H3,(H,14,15). The normalized spacial score (nSPS) is 16.7. The zero-order chi connectivity index (χ0) is 11.5. The van der Waals surface area contributed by atoms with Crippen molar-refractivity contribution in [2.75, 3.05) is 0 Å². The van der Waals surface area contributed by atoms with E-state index in [1.807, 2.05) is 13.8 Å². The summed E-state index contributed by atoms with van der Waals surface area (Å²) in [6.45, 7) is 9.74. The van der Waals surface area contributed by atoms with Crippen LogP contribution in [-0.2, 0) is 4.79 Å². The summed E-state index contributed by atoms with van der Waals surface area (Å²) < 4.78 is 0. The average molecular weight is 207 g/mol. The van der Waals surface area contributed by atoms with E-state index < -0.39 is 0 Å². The van der Waals surface area contributed by atoms with Crippen molar-refractivity contribution in [1.82, 2.24) is 5.32 Å². The highest BCUT2D eigenvalue weighted by Crippen LogP contribution is 2.53. The fraction of sp³-hybridized carbons (Fsp3) is 0.615. The van der Waals surface area contributed by atoms with Gasteiger partial charge in [-0.2, -0.15) is 0 Å². The molecule has 1 rings (SSSR count). The second-order valence-corrected chi connectivity index (χ2v) is 4.69. The first kappa shape index (κ1) is 12.0. The monoisotopic (exact) mass is 207 g/mol. The summed E-state index contributed by atoms with van der Waals surface area (Å²) in [6, 6.07) is 0. The second kappa shape index (κ2) is 4.65. The van der Waals surface area contributed by atoms with E-state index in [1.54, 1.807) is 0 Å². The number of carbonyl (C=O) groups is 1. The zero-order valence-corrected chi connectivity index (χ0v) is 10.0. The van der Waals surface area contributed by atoms with E-state index in [1.165, 1.54) is 25.5 Å². The summed E-state index contributed by atoms with van der Waals surface area (Å²) in [5, 5.41) is 2.67. The van der Waals surface area contributed by atoms with Gasteiger partial charge in [0.15, 0.2) is 0 Å². The minimum Gasteiger partial charge on any atom is -0.329 e. The molecule has 1 fully saturated rings. The van der Waals surface area contributed by atoms with E-state index in [0.29, 0.717) is 5.41 Å². The fourth-order valence-corrected chi connectivity index (χ4v) is 1.87. The molecule has 15 heavy (non-hydrogen) atoms. The Morgan fingerprint density at radius 2 is 2.07 bits per heavy atom. The van der Waals surface area contributed by atoms with Gasteiger partial charge < -0.3 is 5.32 Å². The molecule has 2 nitrogen and oxygen atoms in total. The van der Waals surface area contributed by atoms with Gasteiger partial charge in [-0.25, -0.2) is 0 Å². The molecular weight excluding hydrogens is 186 g/mol. The maximum Gasteiger partial charge on any atom is 0.251 e. The van der Waals surface area contributed by atoms with Crippen LogP contribution in [0.15, 0.2) is 23.9 Å². The third-order valence-corrected chi connectivity index (χ3v) is 3.37. The van der Waals surface area contributed by atoms with Gasteiger partial charge in [0.25, 0.3) is 5.91 Å². The Hall–Kier alpha value is -1.05. The van der Waals surface area contributed by atoms with Crippen LogP contribution in [0.1, 0.15) is 46.5 Å². The van der Waals surface area contributed by atoms with Gasteiger partial charge in [-0.1, -0.05) is 25.5 Å². The summed E-state index contributed by atoms with van der Waals surface area (Å²) in [7, 11) is 0. The van der Waals surface area contributed by atoms with Crippen molar-refractivity contribution in [3.63, 3.8) is 0 Å². The molecule has 0 saturated heterocycles. The van der Waals surface area contributed by atoms with Crippen molar-refractivity contribution in [2.24, 2.45) is 5.41 Å². The van der Waals surface area contributed by atoms with E-state index in [2.05, 4.69) is 18.8 Å². The van der Waals surface area contributed by atoms with E-state index in [0.717, 1.165) is 17.6 Å². The molecule has 1 aliphatic rings. The van der Waals surface area contributed by atoms with Crippen LogP contribution in [0.3, 0.4) is 0 Å². The summed E-state index contributed by atoms with van der Waals surface area (Å²) in [6.07, 6.45) is 6.08. The van der Waals surface area contributed by atoms with Gasteiger partial charge in [0.05, 0.1) is 0 Å². The van der Waals surface area contributed by atoms with Gasteiger partial charge >= 0.3 is 0 Å². The first-order valence-corrected chi connectivity index (χ1v) is 5.63. The number of rotatable bonds is 5. The lowest BCUT2D eigenvalue weighted by Gasteiger charge is -2.15. The zero-order valence-electron chi connectivity index (χ0n) is 10.0. The molecule has 0 bridgehead atoms. The Balaban J connectivity index is 2.72. The predicted octanol–water partition coefficient (Wildman–Crippen LogP) is 3.16. The molecule has 0 spiro atoms. The van der Waals surface area contributed by atoms with Crippen molar-refractivity contribution in [1.29, 1.82) is 0 Å². The number of amides is 1. The molecule has 1 amide bonds. The van der Waals surface area contributed by atoms with Gasteiger partial charge in [-0.15, -0.1) is 0 Å². The van der Waals surface area contributed by atoms with Gasteiger partial charge in [0, 0.05) is 5.57 Å². The third kappa shape index (κ3) is 2.95. The molecule has 0 aromatic rings. The van der Waals surface area contributed by atoms with Crippen molar-refractivity contribution in [3.8, 4) is 0 Å². The highest BCUT2D eigenvalue weighted by Gasteiger charge is 2.42. The quantitative estimate of drug-likeness (QED) is 0.689. The highest BCUT2D eigenvalue weighted by atomic mass is 16.1. The molecule has 0 unspecified atom stereocenters. The molecule has 0 heterocycles. The molecule has 0 atom stereocenters. The molecule has 0 aromatic carbocycles. The van der Waals surface area contributed by atoms with Crippen molar-refractivity contribution in [2.45, 2.75) is 46.5 Å². The predicted molar refractivity (Wildman–Crippen MR) is 63.3 cm³/mol. The van der Waals surface area contributed by atoms with Crippen molar-refractivity contribution >= 4 is 5.91 Å². The maximum atomic E-state index is 11.8. The van der Waals surface area contributed by atoms with Gasteiger partial charge in [-0.3, -0.25) is 4.79 Å². The smallest absolute Gasteiger partial charge is 0.251 e. The molecule has 0 aromatic heterocycles. The molecule has 0 radical (unpaired) electrons. The first-order chi connectivity index (χ1) is 7.04. The third-order valence-electron chi connectivity index (χ3n) is 3.37. The molecular formula is C13H21NO. The summed E-state index contributed by atoms with van der Waals surface area (Å²) in [5.41, 5.74) is 2.48. The van der Waals surface area contributed by atoms with Gasteiger partial charge in [0.1, 0.15) is 0 Å². The van der Waals surface area contributed by atoms with Crippen LogP contribution >= 0.6 is 0 Å². The van der Waals surface area contributed by atoms with Gasteiger partial charge in [0.2, 0.25) is 0 Å². The summed E-state index contributed by atoms with van der Waals surface area (Å²) >= 11 is 0. The maximum absolute atomic E-state index is 11.8. The van der Waals surface area contributed by atoms with Crippen LogP contribution < -0.4 is 5.32 Å². The largest absolute Gasteiger partial charge is 0.329 e. The molecule has 2 heteroatoms. The Morgan fingerprint density at radius 3 is 2.40 bits per heavy atom. The lowest BCUT2D eigenvalue weighted by Crippen LogP contribution is -2.22. The number of nitrogens with one attached hydrogen (secondary N) is 1. The number of allylic oxidation sites excluding steroid dienone is 1. The molecule has 1 saturated carbocycles. The molecule has 1 N–H and O–H groups in total. The van der Waals surface area contributed by atoms with Crippen LogP contribution in [0, 0.1) is 5.41 Å². The van der Waals surface area contributed by atoms with Crippen LogP contribution in [0.5, 0.6) is 0 Å². The Labute approximate surface area is 92.4 Å². The average Bonchev–Trinajstić information content (AvgIpc) is 2.95. The highest BCUT2D eigenvalue weighted by molar-refractivity contribution is 5.94. The van der Waals surface area contributed by atoms with E-state index in [9.17, 15) is 4.79 Å². The van der Waals surface area contributed by atoms with E-state index in [-0.39, 0.29) is 5.91 Å². The lowest BCUT2D eigenvalue weighted by molar-refractivity contribution is -0.116. The Morgan fingerprint density at radius 1 is 1.47 bits per heavy atom. The molecule has 84 valence electrons. The van der Waals surface area contributed by atoms with Crippen molar-refractivity contribution < 1.29 is 4.79 Å².